The van der Waals surface area contributed by atoms with E-state index in [-0.39, 0.29) is 5.92 Å². The second-order valence-electron chi connectivity index (χ2n) is 3.90. The SMILES string of the molecule is O=C(O)[C@]12CC[C@H](C1)[C@H](O)[C@@H]2O. The van der Waals surface area contributed by atoms with Crippen molar-refractivity contribution in [2.75, 3.05) is 0 Å². The summed E-state index contributed by atoms with van der Waals surface area (Å²) in [6.07, 6.45) is -0.218. The van der Waals surface area contributed by atoms with Gasteiger partial charge in [-0.25, -0.2) is 0 Å². The van der Waals surface area contributed by atoms with E-state index in [1.807, 2.05) is 0 Å². The van der Waals surface area contributed by atoms with Gasteiger partial charge < -0.3 is 15.3 Å². The summed E-state index contributed by atoms with van der Waals surface area (Å²) in [6.45, 7) is 0. The molecule has 0 aromatic rings. The van der Waals surface area contributed by atoms with E-state index in [0.717, 1.165) is 6.42 Å². The van der Waals surface area contributed by atoms with Crippen LogP contribution >= 0.6 is 0 Å². The first kappa shape index (κ1) is 8.01. The summed E-state index contributed by atoms with van der Waals surface area (Å²) in [6, 6.07) is 0. The number of aliphatic carboxylic acids is 1. The Bertz CT molecular complexity index is 227. The summed E-state index contributed by atoms with van der Waals surface area (Å²) in [5.74, 6) is -0.967. The van der Waals surface area contributed by atoms with Crippen molar-refractivity contribution in [2.24, 2.45) is 11.3 Å². The maximum atomic E-state index is 10.9. The second-order valence-corrected chi connectivity index (χ2v) is 3.90. The maximum absolute atomic E-state index is 10.9. The van der Waals surface area contributed by atoms with Crippen molar-refractivity contribution in [3.05, 3.63) is 0 Å². The summed E-state index contributed by atoms with van der Waals surface area (Å²) in [7, 11) is 0. The van der Waals surface area contributed by atoms with Gasteiger partial charge in [0.1, 0.15) is 0 Å². The number of aliphatic hydroxyl groups excluding tert-OH is 2. The lowest BCUT2D eigenvalue weighted by atomic mass is 9.81. The molecule has 3 N–H and O–H groups in total. The summed E-state index contributed by atoms with van der Waals surface area (Å²) in [5.41, 5.74) is -1.04. The Morgan fingerprint density at radius 3 is 2.42 bits per heavy atom. The van der Waals surface area contributed by atoms with Gasteiger partial charge in [-0.05, 0) is 25.2 Å². The molecule has 4 atom stereocenters. The van der Waals surface area contributed by atoms with Crippen LogP contribution in [0.1, 0.15) is 19.3 Å². The number of carbonyl (C=O) groups is 1. The van der Waals surface area contributed by atoms with Crippen LogP contribution in [0.4, 0.5) is 0 Å². The largest absolute Gasteiger partial charge is 0.481 e. The van der Waals surface area contributed by atoms with E-state index in [1.165, 1.54) is 0 Å². The molecule has 0 aliphatic heterocycles. The standard InChI is InChI=1S/C8H12O4/c9-5-4-1-2-8(3-4,6(5)10)7(11)12/h4-6,9-10H,1-3H2,(H,11,12)/t4-,5+,6+,8-/m1/s1. The molecule has 2 aliphatic rings. The third kappa shape index (κ3) is 0.716. The highest BCUT2D eigenvalue weighted by Gasteiger charge is 2.61. The summed E-state index contributed by atoms with van der Waals surface area (Å²) in [5, 5.41) is 27.8. The Morgan fingerprint density at radius 1 is 1.42 bits per heavy atom. The average molecular weight is 172 g/mol. The van der Waals surface area contributed by atoms with Gasteiger partial charge >= 0.3 is 5.97 Å². The number of hydrogen-bond acceptors (Lipinski definition) is 3. The molecule has 2 bridgehead atoms. The van der Waals surface area contributed by atoms with Crippen molar-refractivity contribution in [3.8, 4) is 0 Å². The van der Waals surface area contributed by atoms with Crippen molar-refractivity contribution in [1.29, 1.82) is 0 Å². The van der Waals surface area contributed by atoms with E-state index in [4.69, 9.17) is 5.11 Å². The lowest BCUT2D eigenvalue weighted by molar-refractivity contribution is -0.158. The fraction of sp³-hybridized carbons (Fsp3) is 0.875. The van der Waals surface area contributed by atoms with E-state index < -0.39 is 23.6 Å². The van der Waals surface area contributed by atoms with Gasteiger partial charge in [0.05, 0.1) is 17.6 Å². The van der Waals surface area contributed by atoms with Crippen molar-refractivity contribution in [1.82, 2.24) is 0 Å². The first-order valence-electron chi connectivity index (χ1n) is 4.17. The Hall–Kier alpha value is -0.610. The highest BCUT2D eigenvalue weighted by molar-refractivity contribution is 5.76. The van der Waals surface area contributed by atoms with Crippen LogP contribution in [0.25, 0.3) is 0 Å². The first-order chi connectivity index (χ1) is 5.58. The highest BCUT2D eigenvalue weighted by atomic mass is 16.4. The van der Waals surface area contributed by atoms with Gasteiger partial charge in [0.25, 0.3) is 0 Å². The van der Waals surface area contributed by atoms with E-state index in [2.05, 4.69) is 0 Å². The first-order valence-corrected chi connectivity index (χ1v) is 4.17. The van der Waals surface area contributed by atoms with Gasteiger partial charge in [-0.3, -0.25) is 4.79 Å². The van der Waals surface area contributed by atoms with Gasteiger partial charge in [0.15, 0.2) is 0 Å². The smallest absolute Gasteiger partial charge is 0.312 e. The molecule has 0 heterocycles. The van der Waals surface area contributed by atoms with Gasteiger partial charge in [-0.1, -0.05) is 0 Å². The van der Waals surface area contributed by atoms with E-state index in [9.17, 15) is 15.0 Å². The summed E-state index contributed by atoms with van der Waals surface area (Å²) >= 11 is 0. The Balaban J connectivity index is 2.32. The van der Waals surface area contributed by atoms with E-state index >= 15 is 0 Å². The van der Waals surface area contributed by atoms with Crippen LogP contribution in [0.5, 0.6) is 0 Å². The average Bonchev–Trinajstić information content (AvgIpc) is 2.53. The molecule has 4 nitrogen and oxygen atoms in total. The molecule has 12 heavy (non-hydrogen) atoms. The van der Waals surface area contributed by atoms with Crippen LogP contribution in [-0.2, 0) is 4.79 Å². The zero-order valence-corrected chi connectivity index (χ0v) is 6.60. The topological polar surface area (TPSA) is 77.8 Å². The molecule has 0 aromatic heterocycles. The lowest BCUT2D eigenvalue weighted by Gasteiger charge is -2.29. The predicted octanol–water partition coefficient (Wildman–Crippen LogP) is -0.407. The zero-order chi connectivity index (χ0) is 8.93. The molecular formula is C8H12O4. The molecule has 0 aromatic carbocycles. The molecule has 0 amide bonds. The van der Waals surface area contributed by atoms with Crippen LogP contribution in [0, 0.1) is 11.3 Å². The fourth-order valence-electron chi connectivity index (χ4n) is 2.58. The minimum Gasteiger partial charge on any atom is -0.481 e. The molecule has 4 heteroatoms. The predicted molar refractivity (Wildman–Crippen MR) is 39.4 cm³/mol. The molecule has 2 aliphatic carbocycles. The van der Waals surface area contributed by atoms with Gasteiger partial charge in [-0.2, -0.15) is 0 Å². The second kappa shape index (κ2) is 2.20. The Labute approximate surface area is 69.8 Å². The van der Waals surface area contributed by atoms with Crippen molar-refractivity contribution in [2.45, 2.75) is 31.5 Å². The quantitative estimate of drug-likeness (QED) is 0.502. The number of aliphatic hydroxyl groups is 2. The molecular weight excluding hydrogens is 160 g/mol. The van der Waals surface area contributed by atoms with Gasteiger partial charge in [0, 0.05) is 0 Å². The van der Waals surface area contributed by atoms with E-state index in [0.29, 0.717) is 12.8 Å². The molecule has 2 rings (SSSR count). The van der Waals surface area contributed by atoms with Gasteiger partial charge in [-0.15, -0.1) is 0 Å². The minimum absolute atomic E-state index is 0.00361. The van der Waals surface area contributed by atoms with Gasteiger partial charge in [0.2, 0.25) is 0 Å². The molecule has 2 saturated carbocycles. The number of rotatable bonds is 1. The highest BCUT2D eigenvalue weighted by Crippen LogP contribution is 2.54. The van der Waals surface area contributed by atoms with Crippen LogP contribution < -0.4 is 0 Å². The third-order valence-electron chi connectivity index (χ3n) is 3.39. The third-order valence-corrected chi connectivity index (χ3v) is 3.39. The number of hydrogen-bond donors (Lipinski definition) is 3. The Kier molecular flexibility index (Phi) is 1.47. The molecule has 68 valence electrons. The molecule has 0 spiro atoms. The number of fused-ring (bicyclic) bond motifs is 2. The number of carboxylic acids is 1. The fourth-order valence-corrected chi connectivity index (χ4v) is 2.58. The monoisotopic (exact) mass is 172 g/mol. The molecule has 0 saturated heterocycles. The number of carboxylic acid groups (broad SMARTS) is 1. The van der Waals surface area contributed by atoms with Crippen molar-refractivity contribution in [3.63, 3.8) is 0 Å². The maximum Gasteiger partial charge on any atom is 0.312 e. The molecule has 0 unspecified atom stereocenters. The van der Waals surface area contributed by atoms with Crippen LogP contribution in [0.3, 0.4) is 0 Å². The normalized spacial score (nSPS) is 51.3. The summed E-state index contributed by atoms with van der Waals surface area (Å²) in [4.78, 5) is 10.9. The van der Waals surface area contributed by atoms with Crippen molar-refractivity contribution >= 4 is 5.97 Å². The summed E-state index contributed by atoms with van der Waals surface area (Å²) < 4.78 is 0. The van der Waals surface area contributed by atoms with Crippen LogP contribution in [-0.4, -0.2) is 33.5 Å². The zero-order valence-electron chi connectivity index (χ0n) is 6.60. The molecule has 2 fully saturated rings. The van der Waals surface area contributed by atoms with E-state index in [1.54, 1.807) is 0 Å². The minimum atomic E-state index is -1.06. The molecule has 0 radical (unpaired) electrons. The van der Waals surface area contributed by atoms with Crippen molar-refractivity contribution < 1.29 is 20.1 Å². The van der Waals surface area contributed by atoms with Crippen LogP contribution in [0.15, 0.2) is 0 Å². The lowest BCUT2D eigenvalue weighted by Crippen LogP contribution is -2.44. The Morgan fingerprint density at radius 2 is 2.08 bits per heavy atom. The van der Waals surface area contributed by atoms with Crippen LogP contribution in [0.2, 0.25) is 0 Å².